The monoisotopic (exact) mass is 204 g/mol. The molecule has 0 saturated heterocycles. The van der Waals surface area contributed by atoms with Gasteiger partial charge in [-0.3, -0.25) is 4.79 Å². The largest absolute Gasteiger partial charge is 0.481 e. The molecule has 2 amide bonds. The van der Waals surface area contributed by atoms with E-state index in [0.29, 0.717) is 0 Å². The number of nitrogens with two attached hydrogens (primary N) is 1. The van der Waals surface area contributed by atoms with Crippen LogP contribution in [-0.2, 0) is 14.3 Å². The van der Waals surface area contributed by atoms with Crippen LogP contribution in [0.1, 0.15) is 12.8 Å². The highest BCUT2D eigenvalue weighted by molar-refractivity contribution is 5.83. The fourth-order valence-corrected chi connectivity index (χ4v) is 0.831. The van der Waals surface area contributed by atoms with Gasteiger partial charge in [0.15, 0.2) is 0 Å². The summed E-state index contributed by atoms with van der Waals surface area (Å²) in [6, 6.07) is -1.90. The van der Waals surface area contributed by atoms with Gasteiger partial charge >= 0.3 is 18.0 Å². The third-order valence-corrected chi connectivity index (χ3v) is 1.45. The first-order valence-electron chi connectivity index (χ1n) is 3.83. The molecular formula is C7H12N2O5. The van der Waals surface area contributed by atoms with E-state index in [1.807, 2.05) is 0 Å². The zero-order chi connectivity index (χ0) is 11.1. The molecule has 80 valence electrons. The molecule has 0 saturated carbocycles. The number of hydrogen-bond acceptors (Lipinski definition) is 4. The first-order chi connectivity index (χ1) is 6.47. The maximum absolute atomic E-state index is 11.0. The average molecular weight is 204 g/mol. The Labute approximate surface area is 80.2 Å². The maximum atomic E-state index is 11.0. The summed E-state index contributed by atoms with van der Waals surface area (Å²) >= 11 is 0. The van der Waals surface area contributed by atoms with Gasteiger partial charge in [0.1, 0.15) is 6.04 Å². The lowest BCUT2D eigenvalue weighted by atomic mass is 10.1. The normalized spacial score (nSPS) is 11.5. The van der Waals surface area contributed by atoms with Gasteiger partial charge < -0.3 is 20.9 Å². The quantitative estimate of drug-likeness (QED) is 0.499. The predicted molar refractivity (Wildman–Crippen MR) is 45.4 cm³/mol. The van der Waals surface area contributed by atoms with Crippen molar-refractivity contribution in [3.8, 4) is 0 Å². The smallest absolute Gasteiger partial charge is 0.328 e. The third kappa shape index (κ3) is 4.96. The second kappa shape index (κ2) is 5.79. The minimum Gasteiger partial charge on any atom is -0.481 e. The summed E-state index contributed by atoms with van der Waals surface area (Å²) in [5.74, 6) is -1.78. The van der Waals surface area contributed by atoms with E-state index in [1.165, 1.54) is 0 Å². The van der Waals surface area contributed by atoms with Gasteiger partial charge in [-0.05, 0) is 6.42 Å². The molecule has 0 heterocycles. The molecule has 0 aliphatic rings. The van der Waals surface area contributed by atoms with Crippen LogP contribution in [0.3, 0.4) is 0 Å². The summed E-state index contributed by atoms with van der Waals surface area (Å²) in [7, 11) is 1.14. The number of ether oxygens (including phenoxy) is 1. The van der Waals surface area contributed by atoms with E-state index >= 15 is 0 Å². The Hall–Kier alpha value is -1.79. The van der Waals surface area contributed by atoms with Gasteiger partial charge in [-0.1, -0.05) is 0 Å². The first-order valence-corrected chi connectivity index (χ1v) is 3.83. The topological polar surface area (TPSA) is 119 Å². The van der Waals surface area contributed by atoms with Crippen molar-refractivity contribution in [3.05, 3.63) is 0 Å². The molecule has 0 aliphatic carbocycles. The minimum absolute atomic E-state index is 0.0506. The SMILES string of the molecule is COC(=O)[C@H](CCC(=O)O)NC(N)=O. The highest BCUT2D eigenvalue weighted by Crippen LogP contribution is 1.99. The van der Waals surface area contributed by atoms with Gasteiger partial charge in [0.25, 0.3) is 0 Å². The zero-order valence-corrected chi connectivity index (χ0v) is 7.65. The highest BCUT2D eigenvalue weighted by Gasteiger charge is 2.20. The van der Waals surface area contributed by atoms with Crippen molar-refractivity contribution >= 4 is 18.0 Å². The molecule has 0 unspecified atom stereocenters. The summed E-state index contributed by atoms with van der Waals surface area (Å²) in [6.45, 7) is 0. The van der Waals surface area contributed by atoms with Crippen LogP contribution in [-0.4, -0.2) is 36.2 Å². The zero-order valence-electron chi connectivity index (χ0n) is 7.65. The number of carboxylic acid groups (broad SMARTS) is 1. The van der Waals surface area contributed by atoms with Crippen LogP contribution < -0.4 is 11.1 Å². The Morgan fingerprint density at radius 1 is 1.50 bits per heavy atom. The standard InChI is InChI=1S/C7H12N2O5/c1-14-6(12)4(9-7(8)13)2-3-5(10)11/h4H,2-3H2,1H3,(H,10,11)(H3,8,9,13)/t4-/m0/s1. The lowest BCUT2D eigenvalue weighted by Crippen LogP contribution is -2.44. The van der Waals surface area contributed by atoms with Gasteiger partial charge in [-0.25, -0.2) is 9.59 Å². The van der Waals surface area contributed by atoms with Crippen LogP contribution in [0.15, 0.2) is 0 Å². The van der Waals surface area contributed by atoms with Crippen LogP contribution in [0.25, 0.3) is 0 Å². The van der Waals surface area contributed by atoms with E-state index in [2.05, 4.69) is 10.1 Å². The van der Waals surface area contributed by atoms with E-state index in [4.69, 9.17) is 10.8 Å². The number of amides is 2. The summed E-state index contributed by atoms with van der Waals surface area (Å²) < 4.78 is 4.34. The van der Waals surface area contributed by atoms with Gasteiger partial charge in [0.2, 0.25) is 0 Å². The van der Waals surface area contributed by atoms with E-state index in [0.717, 1.165) is 7.11 Å². The third-order valence-electron chi connectivity index (χ3n) is 1.45. The molecule has 0 radical (unpaired) electrons. The fourth-order valence-electron chi connectivity index (χ4n) is 0.831. The summed E-state index contributed by atoms with van der Waals surface area (Å²) in [5.41, 5.74) is 4.79. The van der Waals surface area contributed by atoms with Gasteiger partial charge in [-0.15, -0.1) is 0 Å². The van der Waals surface area contributed by atoms with E-state index in [9.17, 15) is 14.4 Å². The van der Waals surface area contributed by atoms with E-state index in [-0.39, 0.29) is 12.8 Å². The first kappa shape index (κ1) is 12.2. The average Bonchev–Trinajstić information content (AvgIpc) is 2.10. The summed E-state index contributed by atoms with van der Waals surface area (Å²) in [4.78, 5) is 31.6. The van der Waals surface area contributed by atoms with Crippen molar-refractivity contribution in [1.29, 1.82) is 0 Å². The van der Waals surface area contributed by atoms with Crippen LogP contribution >= 0.6 is 0 Å². The van der Waals surface area contributed by atoms with E-state index in [1.54, 1.807) is 0 Å². The second-order valence-electron chi connectivity index (χ2n) is 2.52. The number of carboxylic acids is 1. The van der Waals surface area contributed by atoms with Gasteiger partial charge in [0, 0.05) is 6.42 Å². The predicted octanol–water partition coefficient (Wildman–Crippen LogP) is -0.939. The molecule has 0 aromatic heterocycles. The van der Waals surface area contributed by atoms with Crippen LogP contribution in [0.2, 0.25) is 0 Å². The molecule has 4 N–H and O–H groups in total. The Morgan fingerprint density at radius 2 is 2.07 bits per heavy atom. The van der Waals surface area contributed by atoms with Crippen molar-refractivity contribution in [2.45, 2.75) is 18.9 Å². The molecule has 0 aromatic carbocycles. The molecular weight excluding hydrogens is 192 g/mol. The van der Waals surface area contributed by atoms with Crippen LogP contribution in [0, 0.1) is 0 Å². The maximum Gasteiger partial charge on any atom is 0.328 e. The number of rotatable bonds is 5. The molecule has 14 heavy (non-hydrogen) atoms. The Kier molecular flexibility index (Phi) is 5.05. The van der Waals surface area contributed by atoms with Crippen molar-refractivity contribution in [2.24, 2.45) is 5.73 Å². The summed E-state index contributed by atoms with van der Waals surface area (Å²) in [5, 5.41) is 10.4. The lowest BCUT2D eigenvalue weighted by molar-refractivity contribution is -0.143. The number of carbonyl (C=O) groups is 3. The van der Waals surface area contributed by atoms with Crippen molar-refractivity contribution in [1.82, 2.24) is 5.32 Å². The Bertz CT molecular complexity index is 240. The number of primary amides is 1. The number of urea groups is 1. The molecule has 7 heteroatoms. The Balaban J connectivity index is 4.17. The van der Waals surface area contributed by atoms with E-state index < -0.39 is 24.0 Å². The number of nitrogens with one attached hydrogen (secondary N) is 1. The molecule has 0 rings (SSSR count). The second-order valence-corrected chi connectivity index (χ2v) is 2.52. The van der Waals surface area contributed by atoms with Crippen LogP contribution in [0.5, 0.6) is 0 Å². The molecule has 0 spiro atoms. The molecule has 1 atom stereocenters. The number of hydrogen-bond donors (Lipinski definition) is 3. The number of aliphatic carboxylic acids is 1. The highest BCUT2D eigenvalue weighted by atomic mass is 16.5. The van der Waals surface area contributed by atoms with Crippen molar-refractivity contribution in [3.63, 3.8) is 0 Å². The van der Waals surface area contributed by atoms with Gasteiger partial charge in [-0.2, -0.15) is 0 Å². The lowest BCUT2D eigenvalue weighted by Gasteiger charge is -2.13. The van der Waals surface area contributed by atoms with Gasteiger partial charge in [0.05, 0.1) is 7.11 Å². The van der Waals surface area contributed by atoms with Crippen molar-refractivity contribution in [2.75, 3.05) is 7.11 Å². The number of esters is 1. The molecule has 0 fully saturated rings. The number of methoxy groups -OCH3 is 1. The van der Waals surface area contributed by atoms with Crippen LogP contribution in [0.4, 0.5) is 4.79 Å². The molecule has 0 aromatic rings. The Morgan fingerprint density at radius 3 is 2.43 bits per heavy atom. The molecule has 7 nitrogen and oxygen atoms in total. The summed E-state index contributed by atoms with van der Waals surface area (Å²) in [6.07, 6.45) is -0.301. The molecule has 0 bridgehead atoms. The molecule has 0 aliphatic heterocycles. The fraction of sp³-hybridized carbons (Fsp3) is 0.571. The van der Waals surface area contributed by atoms with Crippen molar-refractivity contribution < 1.29 is 24.2 Å². The number of carbonyl (C=O) groups excluding carboxylic acids is 2. The minimum atomic E-state index is -1.06.